The molecule has 0 amide bonds. The van der Waals surface area contributed by atoms with Crippen LogP contribution in [0.5, 0.6) is 5.75 Å². The zero-order valence-electron chi connectivity index (χ0n) is 15.3. The Hall–Kier alpha value is -2.86. The quantitative estimate of drug-likeness (QED) is 0.352. The third-order valence-electron chi connectivity index (χ3n) is 3.89. The third kappa shape index (κ3) is 6.70. The summed E-state index contributed by atoms with van der Waals surface area (Å²) in [7, 11) is 0. The van der Waals surface area contributed by atoms with Gasteiger partial charge in [-0.15, -0.1) is 6.58 Å². The number of nitrogens with one attached hydrogen (secondary N) is 1. The Kier molecular flexibility index (Phi) is 8.02. The van der Waals surface area contributed by atoms with Crippen LogP contribution < -0.4 is 10.1 Å². The Morgan fingerprint density at radius 1 is 1.00 bits per heavy atom. The van der Waals surface area contributed by atoms with Crippen LogP contribution in [-0.4, -0.2) is 25.5 Å². The van der Waals surface area contributed by atoms with Crippen LogP contribution in [0.15, 0.2) is 73.3 Å². The molecule has 6 heteroatoms. The summed E-state index contributed by atoms with van der Waals surface area (Å²) < 4.78 is 43.4. The highest BCUT2D eigenvalue weighted by atomic mass is 19.4. The average Bonchev–Trinajstić information content (AvgIpc) is 2.69. The van der Waals surface area contributed by atoms with Gasteiger partial charge in [-0.3, -0.25) is 4.79 Å². The van der Waals surface area contributed by atoms with Crippen LogP contribution in [0.2, 0.25) is 0 Å². The predicted molar refractivity (Wildman–Crippen MR) is 104 cm³/mol. The van der Waals surface area contributed by atoms with E-state index in [9.17, 15) is 18.0 Å². The molecule has 0 radical (unpaired) electrons. The lowest BCUT2D eigenvalue weighted by Gasteiger charge is -2.08. The van der Waals surface area contributed by atoms with Gasteiger partial charge in [-0.2, -0.15) is 13.2 Å². The van der Waals surface area contributed by atoms with Gasteiger partial charge in [-0.25, -0.2) is 0 Å². The first kappa shape index (κ1) is 21.4. The second-order valence-corrected chi connectivity index (χ2v) is 5.99. The minimum absolute atomic E-state index is 0.202. The molecule has 0 unspecified atom stereocenters. The van der Waals surface area contributed by atoms with E-state index in [0.717, 1.165) is 31.6 Å². The molecule has 1 N–H and O–H groups in total. The number of hydrogen-bond donors (Lipinski definition) is 1. The molecule has 0 aromatic heterocycles. The highest BCUT2D eigenvalue weighted by molar-refractivity contribution is 6.09. The van der Waals surface area contributed by atoms with Crippen LogP contribution in [0.4, 0.5) is 13.2 Å². The van der Waals surface area contributed by atoms with E-state index in [1.54, 1.807) is 24.3 Å². The number of carbonyl (C=O) groups excluding carboxylic acids is 1. The van der Waals surface area contributed by atoms with Crippen LogP contribution in [0, 0.1) is 0 Å². The molecule has 0 saturated heterocycles. The normalized spacial score (nSPS) is 11.5. The van der Waals surface area contributed by atoms with Crippen molar-refractivity contribution in [1.29, 1.82) is 0 Å². The smallest absolute Gasteiger partial charge is 0.416 e. The summed E-state index contributed by atoms with van der Waals surface area (Å²) >= 11 is 0. The number of rotatable bonds is 10. The van der Waals surface area contributed by atoms with Crippen LogP contribution in [0.25, 0.3) is 0 Å². The number of alkyl halides is 3. The number of ether oxygens (including phenoxy) is 1. The molecule has 28 heavy (non-hydrogen) atoms. The van der Waals surface area contributed by atoms with Gasteiger partial charge in [0.15, 0.2) is 5.78 Å². The molecule has 0 bridgehead atoms. The average molecular weight is 389 g/mol. The standard InChI is InChI=1S/C22H22F3NO2/c1-2-3-14-26-15-4-5-16-28-20-12-8-18(9-13-20)21(27)17-6-10-19(11-7-17)22(23,24)25/h2,4-13,26H,1,3,14-16H2/b5-4+. The minimum Gasteiger partial charge on any atom is -0.490 e. The van der Waals surface area contributed by atoms with E-state index in [1.165, 1.54) is 12.1 Å². The maximum Gasteiger partial charge on any atom is 0.416 e. The van der Waals surface area contributed by atoms with Gasteiger partial charge in [0.1, 0.15) is 12.4 Å². The van der Waals surface area contributed by atoms with Crippen molar-refractivity contribution in [1.82, 2.24) is 5.32 Å². The number of hydrogen-bond acceptors (Lipinski definition) is 3. The summed E-state index contributed by atoms with van der Waals surface area (Å²) in [5.41, 5.74) is -0.195. The number of ketones is 1. The van der Waals surface area contributed by atoms with Crippen molar-refractivity contribution in [2.75, 3.05) is 19.7 Å². The minimum atomic E-state index is -4.42. The van der Waals surface area contributed by atoms with Crippen molar-refractivity contribution in [3.8, 4) is 5.75 Å². The Morgan fingerprint density at radius 3 is 2.18 bits per heavy atom. The topological polar surface area (TPSA) is 38.3 Å². The van der Waals surface area contributed by atoms with Crippen LogP contribution >= 0.6 is 0 Å². The van der Waals surface area contributed by atoms with Crippen molar-refractivity contribution >= 4 is 5.78 Å². The zero-order valence-corrected chi connectivity index (χ0v) is 15.3. The number of halogens is 3. The Morgan fingerprint density at radius 2 is 1.61 bits per heavy atom. The highest BCUT2D eigenvalue weighted by Crippen LogP contribution is 2.29. The van der Waals surface area contributed by atoms with E-state index in [-0.39, 0.29) is 11.3 Å². The van der Waals surface area contributed by atoms with Gasteiger partial charge >= 0.3 is 6.18 Å². The van der Waals surface area contributed by atoms with Gasteiger partial charge in [0.2, 0.25) is 0 Å². The Labute approximate surface area is 162 Å². The molecule has 2 aromatic rings. The summed E-state index contributed by atoms with van der Waals surface area (Å²) in [6.45, 7) is 5.67. The molecule has 2 rings (SSSR count). The largest absolute Gasteiger partial charge is 0.490 e. The van der Waals surface area contributed by atoms with Gasteiger partial charge < -0.3 is 10.1 Å². The third-order valence-corrected chi connectivity index (χ3v) is 3.89. The molecule has 0 fully saturated rings. The van der Waals surface area contributed by atoms with E-state index in [0.29, 0.717) is 17.9 Å². The second kappa shape index (κ2) is 10.5. The van der Waals surface area contributed by atoms with Crippen LogP contribution in [0.1, 0.15) is 27.9 Å². The fourth-order valence-corrected chi connectivity index (χ4v) is 2.37. The molecule has 0 spiro atoms. The SMILES string of the molecule is C=CCCNC/C=C/COc1ccc(C(=O)c2ccc(C(F)(F)F)cc2)cc1. The monoisotopic (exact) mass is 389 g/mol. The van der Waals surface area contributed by atoms with Gasteiger partial charge in [0.05, 0.1) is 5.56 Å². The van der Waals surface area contributed by atoms with Crippen molar-refractivity contribution in [2.24, 2.45) is 0 Å². The van der Waals surface area contributed by atoms with E-state index < -0.39 is 11.7 Å². The maximum atomic E-state index is 12.6. The molecule has 3 nitrogen and oxygen atoms in total. The van der Waals surface area contributed by atoms with Gasteiger partial charge in [0, 0.05) is 17.7 Å². The lowest BCUT2D eigenvalue weighted by Crippen LogP contribution is -2.14. The predicted octanol–water partition coefficient (Wildman–Crippen LogP) is 5.04. The first-order chi connectivity index (χ1) is 13.4. The van der Waals surface area contributed by atoms with Crippen molar-refractivity contribution in [2.45, 2.75) is 12.6 Å². The summed E-state index contributed by atoms with van der Waals surface area (Å²) in [6, 6.07) is 10.7. The fourth-order valence-electron chi connectivity index (χ4n) is 2.37. The molecule has 0 aliphatic carbocycles. The Bertz CT molecular complexity index is 794. The number of carbonyl (C=O) groups is 1. The van der Waals surface area contributed by atoms with Crippen molar-refractivity contribution in [3.63, 3.8) is 0 Å². The fraction of sp³-hybridized carbons (Fsp3) is 0.227. The zero-order chi connectivity index (χ0) is 20.4. The lowest BCUT2D eigenvalue weighted by atomic mass is 10.0. The first-order valence-corrected chi connectivity index (χ1v) is 8.83. The highest BCUT2D eigenvalue weighted by Gasteiger charge is 2.30. The maximum absolute atomic E-state index is 12.6. The molecule has 148 valence electrons. The summed E-state index contributed by atoms with van der Waals surface area (Å²) in [5, 5.41) is 3.22. The molecular formula is C22H22F3NO2. The van der Waals surface area contributed by atoms with E-state index in [1.807, 2.05) is 18.2 Å². The van der Waals surface area contributed by atoms with Crippen molar-refractivity contribution < 1.29 is 22.7 Å². The molecule has 2 aromatic carbocycles. The lowest BCUT2D eigenvalue weighted by molar-refractivity contribution is -0.137. The van der Waals surface area contributed by atoms with Gasteiger partial charge in [-0.05, 0) is 49.4 Å². The summed E-state index contributed by atoms with van der Waals surface area (Å²) in [6.07, 6.45) is 2.21. The van der Waals surface area contributed by atoms with E-state index >= 15 is 0 Å². The molecular weight excluding hydrogens is 367 g/mol. The molecule has 0 aliphatic rings. The van der Waals surface area contributed by atoms with E-state index in [4.69, 9.17) is 4.74 Å². The van der Waals surface area contributed by atoms with E-state index in [2.05, 4.69) is 11.9 Å². The van der Waals surface area contributed by atoms with Gasteiger partial charge in [0.25, 0.3) is 0 Å². The van der Waals surface area contributed by atoms with Crippen molar-refractivity contribution in [3.05, 3.63) is 90.0 Å². The molecule has 0 atom stereocenters. The number of benzene rings is 2. The second-order valence-electron chi connectivity index (χ2n) is 5.99. The summed E-state index contributed by atoms with van der Waals surface area (Å²) in [4.78, 5) is 12.4. The molecule has 0 saturated carbocycles. The van der Waals surface area contributed by atoms with Gasteiger partial charge in [-0.1, -0.05) is 30.4 Å². The Balaban J connectivity index is 1.85. The van der Waals surface area contributed by atoms with Crippen LogP contribution in [0.3, 0.4) is 0 Å². The molecule has 0 heterocycles. The summed E-state index contributed by atoms with van der Waals surface area (Å²) in [5.74, 6) is 0.263. The van der Waals surface area contributed by atoms with Crippen LogP contribution in [-0.2, 0) is 6.18 Å². The first-order valence-electron chi connectivity index (χ1n) is 8.83. The molecule has 0 aliphatic heterocycles.